The highest BCUT2D eigenvalue weighted by Crippen LogP contribution is 2.16. The van der Waals surface area contributed by atoms with E-state index < -0.39 is 5.95 Å². The molecule has 0 fully saturated rings. The fraction of sp³-hybridized carbons (Fsp3) is 0.222. The van der Waals surface area contributed by atoms with Crippen LogP contribution in [0.2, 0.25) is 5.02 Å². The van der Waals surface area contributed by atoms with E-state index in [4.69, 9.17) is 11.6 Å². The van der Waals surface area contributed by atoms with Gasteiger partial charge in [0.25, 0.3) is 0 Å². The summed E-state index contributed by atoms with van der Waals surface area (Å²) in [6.45, 7) is 0.722. The van der Waals surface area contributed by atoms with Gasteiger partial charge < -0.3 is 5.32 Å². The van der Waals surface area contributed by atoms with E-state index in [0.717, 1.165) is 6.54 Å². The zero-order chi connectivity index (χ0) is 9.68. The minimum atomic E-state index is -0.520. The number of rotatable bonds is 3. The number of pyridine rings is 1. The Morgan fingerprint density at radius 3 is 3.15 bits per heavy atom. The van der Waals surface area contributed by atoms with E-state index in [1.54, 1.807) is 6.08 Å². The lowest BCUT2D eigenvalue weighted by Gasteiger charge is -1.96. The average Bonchev–Trinajstić information content (AvgIpc) is 2.11. The fourth-order valence-electron chi connectivity index (χ4n) is 0.859. The Morgan fingerprint density at radius 2 is 2.46 bits per heavy atom. The molecule has 0 aliphatic carbocycles. The molecule has 0 amide bonds. The third-order valence-corrected chi connectivity index (χ3v) is 1.79. The van der Waals surface area contributed by atoms with Crippen molar-refractivity contribution in [1.29, 1.82) is 0 Å². The molecule has 2 nitrogen and oxygen atoms in total. The molecule has 1 heterocycles. The van der Waals surface area contributed by atoms with Gasteiger partial charge in [0.05, 0.1) is 5.02 Å². The van der Waals surface area contributed by atoms with Crippen LogP contribution in [0.1, 0.15) is 5.56 Å². The van der Waals surface area contributed by atoms with Crippen LogP contribution < -0.4 is 5.32 Å². The van der Waals surface area contributed by atoms with Crippen molar-refractivity contribution in [2.75, 3.05) is 13.6 Å². The number of likely N-dealkylation sites (N-methyl/N-ethyl adjacent to an activating group) is 1. The van der Waals surface area contributed by atoms with Crippen LogP contribution >= 0.6 is 11.6 Å². The monoisotopic (exact) mass is 200 g/mol. The maximum absolute atomic E-state index is 12.6. The molecule has 70 valence electrons. The van der Waals surface area contributed by atoms with Gasteiger partial charge in [0, 0.05) is 18.8 Å². The first-order valence-corrected chi connectivity index (χ1v) is 4.24. The molecular weight excluding hydrogens is 191 g/mol. The van der Waals surface area contributed by atoms with Gasteiger partial charge in [-0.25, -0.2) is 4.98 Å². The first-order valence-electron chi connectivity index (χ1n) is 3.86. The van der Waals surface area contributed by atoms with E-state index in [9.17, 15) is 4.39 Å². The van der Waals surface area contributed by atoms with Crippen LogP contribution in [0.15, 0.2) is 18.3 Å². The molecule has 0 atom stereocenters. The summed E-state index contributed by atoms with van der Waals surface area (Å²) in [5.74, 6) is -0.520. The molecule has 0 aromatic carbocycles. The summed E-state index contributed by atoms with van der Waals surface area (Å²) in [5.41, 5.74) is 0.643. The molecule has 0 saturated carbocycles. The summed E-state index contributed by atoms with van der Waals surface area (Å²) in [7, 11) is 1.83. The van der Waals surface area contributed by atoms with Gasteiger partial charge in [-0.05, 0) is 12.6 Å². The Labute approximate surface area is 81.4 Å². The average molecular weight is 201 g/mol. The lowest BCUT2D eigenvalue weighted by molar-refractivity contribution is 0.583. The number of hydrogen-bond acceptors (Lipinski definition) is 2. The normalized spacial score (nSPS) is 11.0. The zero-order valence-corrected chi connectivity index (χ0v) is 7.98. The predicted octanol–water partition coefficient (Wildman–Crippen LogP) is 2.11. The molecule has 0 unspecified atom stereocenters. The fourth-order valence-corrected chi connectivity index (χ4v) is 1.03. The summed E-state index contributed by atoms with van der Waals surface area (Å²) in [5, 5.41) is 3.39. The Bertz CT molecular complexity index is 312. The van der Waals surface area contributed by atoms with Gasteiger partial charge in [0.15, 0.2) is 0 Å². The smallest absolute Gasteiger partial charge is 0.213 e. The Morgan fingerprint density at radius 1 is 1.69 bits per heavy atom. The van der Waals surface area contributed by atoms with E-state index in [2.05, 4.69) is 10.3 Å². The second-order valence-corrected chi connectivity index (χ2v) is 2.90. The number of hydrogen-bond donors (Lipinski definition) is 1. The van der Waals surface area contributed by atoms with Crippen molar-refractivity contribution in [3.05, 3.63) is 34.9 Å². The van der Waals surface area contributed by atoms with Crippen LogP contribution in [0.25, 0.3) is 6.08 Å². The topological polar surface area (TPSA) is 24.9 Å². The van der Waals surface area contributed by atoms with Crippen molar-refractivity contribution in [1.82, 2.24) is 10.3 Å². The lowest BCUT2D eigenvalue weighted by Crippen LogP contribution is -2.03. The summed E-state index contributed by atoms with van der Waals surface area (Å²) in [6.07, 6.45) is 4.92. The first kappa shape index (κ1) is 10.2. The van der Waals surface area contributed by atoms with Gasteiger partial charge >= 0.3 is 0 Å². The summed E-state index contributed by atoms with van der Waals surface area (Å²) < 4.78 is 12.6. The molecule has 1 rings (SSSR count). The van der Waals surface area contributed by atoms with Crippen molar-refractivity contribution in [2.45, 2.75) is 0 Å². The molecule has 0 saturated heterocycles. The molecule has 1 N–H and O–H groups in total. The van der Waals surface area contributed by atoms with Crippen LogP contribution in [-0.4, -0.2) is 18.6 Å². The largest absolute Gasteiger partial charge is 0.316 e. The van der Waals surface area contributed by atoms with Crippen LogP contribution in [0.4, 0.5) is 4.39 Å². The molecule has 0 spiro atoms. The van der Waals surface area contributed by atoms with Gasteiger partial charge in [0.1, 0.15) is 0 Å². The third-order valence-electron chi connectivity index (χ3n) is 1.47. The quantitative estimate of drug-likeness (QED) is 0.756. The van der Waals surface area contributed by atoms with Crippen LogP contribution in [-0.2, 0) is 0 Å². The number of nitrogens with zero attached hydrogens (tertiary/aromatic N) is 1. The van der Waals surface area contributed by atoms with Crippen molar-refractivity contribution in [2.24, 2.45) is 0 Å². The maximum Gasteiger partial charge on any atom is 0.213 e. The Hall–Kier alpha value is -0.930. The highest BCUT2D eigenvalue weighted by atomic mass is 35.5. The molecule has 0 aliphatic heterocycles. The van der Waals surface area contributed by atoms with Gasteiger partial charge in [-0.1, -0.05) is 23.8 Å². The van der Waals surface area contributed by atoms with Crippen LogP contribution in [0.5, 0.6) is 0 Å². The SMILES string of the molecule is CNCC=Cc1cc(F)ncc1Cl. The molecule has 1 aromatic heterocycles. The second kappa shape index (κ2) is 4.94. The molecular formula is C9H10ClFN2. The van der Waals surface area contributed by atoms with Crippen LogP contribution in [0, 0.1) is 5.95 Å². The van der Waals surface area contributed by atoms with Crippen molar-refractivity contribution in [3.8, 4) is 0 Å². The van der Waals surface area contributed by atoms with Crippen molar-refractivity contribution < 1.29 is 4.39 Å². The summed E-state index contributed by atoms with van der Waals surface area (Å²) in [6, 6.07) is 1.30. The van der Waals surface area contributed by atoms with Crippen LogP contribution in [0.3, 0.4) is 0 Å². The molecule has 0 aliphatic rings. The van der Waals surface area contributed by atoms with Gasteiger partial charge in [-0.3, -0.25) is 0 Å². The van der Waals surface area contributed by atoms with Gasteiger partial charge in [0.2, 0.25) is 5.95 Å². The summed E-state index contributed by atoms with van der Waals surface area (Å²) in [4.78, 5) is 3.42. The molecule has 0 bridgehead atoms. The molecule has 4 heteroatoms. The maximum atomic E-state index is 12.6. The van der Waals surface area contributed by atoms with E-state index in [1.807, 2.05) is 13.1 Å². The Balaban J connectivity index is 2.81. The highest BCUT2D eigenvalue weighted by Gasteiger charge is 1.98. The second-order valence-electron chi connectivity index (χ2n) is 2.49. The number of halogens is 2. The zero-order valence-electron chi connectivity index (χ0n) is 7.22. The van der Waals surface area contributed by atoms with Crippen molar-refractivity contribution >= 4 is 17.7 Å². The molecule has 0 radical (unpaired) electrons. The molecule has 13 heavy (non-hydrogen) atoms. The third kappa shape index (κ3) is 3.13. The van der Waals surface area contributed by atoms with Gasteiger partial charge in [-0.15, -0.1) is 0 Å². The number of nitrogens with one attached hydrogen (secondary N) is 1. The van der Waals surface area contributed by atoms with E-state index in [-0.39, 0.29) is 0 Å². The minimum Gasteiger partial charge on any atom is -0.316 e. The predicted molar refractivity (Wildman–Crippen MR) is 52.2 cm³/mol. The standard InChI is InChI=1S/C9H10ClFN2/c1-12-4-2-3-7-5-9(11)13-6-8(7)10/h2-3,5-6,12H,4H2,1H3. The van der Waals surface area contributed by atoms with E-state index >= 15 is 0 Å². The van der Waals surface area contributed by atoms with E-state index in [0.29, 0.717) is 10.6 Å². The Kier molecular flexibility index (Phi) is 3.86. The minimum absolute atomic E-state index is 0.453. The molecule has 1 aromatic rings. The number of aromatic nitrogens is 1. The van der Waals surface area contributed by atoms with E-state index in [1.165, 1.54) is 12.3 Å². The lowest BCUT2D eigenvalue weighted by atomic mass is 10.2. The van der Waals surface area contributed by atoms with Gasteiger partial charge in [-0.2, -0.15) is 4.39 Å². The van der Waals surface area contributed by atoms with Crippen molar-refractivity contribution in [3.63, 3.8) is 0 Å². The highest BCUT2D eigenvalue weighted by molar-refractivity contribution is 6.31. The summed E-state index contributed by atoms with van der Waals surface area (Å²) >= 11 is 5.77. The first-order chi connectivity index (χ1) is 6.24.